The second-order valence-corrected chi connectivity index (χ2v) is 11.7. The molecule has 0 aliphatic rings. The largest absolute Gasteiger partial charge is 0.417 e. The summed E-state index contributed by atoms with van der Waals surface area (Å²) < 4.78 is 136. The molecule has 0 spiro atoms. The maximum absolute atomic E-state index is 15.1. The maximum atomic E-state index is 15.1. The summed E-state index contributed by atoms with van der Waals surface area (Å²) in [7, 11) is 0. The monoisotopic (exact) mass is 790 g/mol. The molecule has 226 valence electrons. The smallest absolute Gasteiger partial charge is 0.300 e. The van der Waals surface area contributed by atoms with Crippen LogP contribution in [0.5, 0.6) is 0 Å². The van der Waals surface area contributed by atoms with E-state index in [0.717, 1.165) is 12.1 Å². The predicted molar refractivity (Wildman–Crippen MR) is 142 cm³/mol. The first-order chi connectivity index (χ1) is 18.6. The number of hydrogen-bond acceptors (Lipinski definition) is 2. The van der Waals surface area contributed by atoms with Crippen LogP contribution in [-0.2, 0) is 11.0 Å². The van der Waals surface area contributed by atoms with E-state index in [1.165, 1.54) is 6.92 Å². The Kier molecular flexibility index (Phi) is 11.9. The summed E-state index contributed by atoms with van der Waals surface area (Å²) in [6.45, 7) is 1.30. The first-order valence-electron chi connectivity index (χ1n) is 11.5. The Morgan fingerprint density at radius 1 is 0.878 bits per heavy atom. The van der Waals surface area contributed by atoms with Crippen LogP contribution >= 0.6 is 47.8 Å². The Labute approximate surface area is 252 Å². The highest BCUT2D eigenvalue weighted by Crippen LogP contribution is 2.43. The van der Waals surface area contributed by atoms with Crippen molar-refractivity contribution in [2.45, 2.75) is 57.1 Å². The number of allylic oxidation sites excluding steroid dienone is 1. The Bertz CT molecular complexity index is 1290. The molecule has 0 amide bonds. The highest BCUT2D eigenvalue weighted by Gasteiger charge is 2.41. The lowest BCUT2D eigenvalue weighted by molar-refractivity contribution is -0.143. The van der Waals surface area contributed by atoms with Gasteiger partial charge in [0.05, 0.1) is 12.0 Å². The second-order valence-electron chi connectivity index (χ2n) is 9.18. The topological polar surface area (TPSA) is 34.1 Å². The van der Waals surface area contributed by atoms with E-state index in [1.807, 2.05) is 0 Å². The van der Waals surface area contributed by atoms with E-state index in [0.29, 0.717) is 16.6 Å². The fraction of sp³-hybridized carbons (Fsp3) is 0.385. The minimum absolute atomic E-state index is 0.119. The fourth-order valence-electron chi connectivity index (χ4n) is 3.82. The quantitative estimate of drug-likeness (QED) is 0.136. The summed E-state index contributed by atoms with van der Waals surface area (Å²) in [5.41, 5.74) is -3.82. The van der Waals surface area contributed by atoms with Crippen molar-refractivity contribution in [2.24, 2.45) is 5.92 Å². The molecule has 0 radical (unpaired) electrons. The van der Waals surface area contributed by atoms with Gasteiger partial charge in [0, 0.05) is 43.8 Å². The molecule has 0 bridgehead atoms. The fourth-order valence-corrected chi connectivity index (χ4v) is 5.27. The summed E-state index contributed by atoms with van der Waals surface area (Å²) >= 11 is 9.25. The average molecular weight is 793 g/mol. The van der Waals surface area contributed by atoms with Gasteiger partial charge in [0.15, 0.2) is 5.78 Å². The Balaban J connectivity index is 2.39. The van der Waals surface area contributed by atoms with Gasteiger partial charge in [-0.3, -0.25) is 9.59 Å². The van der Waals surface area contributed by atoms with Crippen molar-refractivity contribution in [2.75, 3.05) is 0 Å². The van der Waals surface area contributed by atoms with Crippen LogP contribution in [-0.4, -0.2) is 23.9 Å². The van der Waals surface area contributed by atoms with E-state index in [-0.39, 0.29) is 21.1 Å². The summed E-state index contributed by atoms with van der Waals surface area (Å²) in [5.74, 6) is -7.03. The molecule has 2 aromatic rings. The van der Waals surface area contributed by atoms with Crippen LogP contribution < -0.4 is 0 Å². The molecule has 0 aliphatic heterocycles. The van der Waals surface area contributed by atoms with Crippen molar-refractivity contribution < 1.29 is 53.5 Å². The van der Waals surface area contributed by atoms with E-state index in [4.69, 9.17) is 0 Å². The molecule has 0 heterocycles. The number of ketones is 2. The summed E-state index contributed by atoms with van der Waals surface area (Å²) in [5, 5.41) is 0. The number of carbonyl (C=O) groups excluding carboxylic acids is 2. The van der Waals surface area contributed by atoms with Crippen molar-refractivity contribution >= 4 is 65.2 Å². The standard InChI is InChI=1S/C26H19Br3F10O2/c1-12(6-15(40)4-5-24(31,32)33)7-22(41)16-3-2-13(8-18(16)26(37,38)39)21(30)11-17(25(34,35)36)14-9-19(27)23(29)20(28)10-14/h2-3,8-12,17H,4-7H2,1H3/b21-11-/t12-,17?/m1/s1. The van der Waals surface area contributed by atoms with Crippen LogP contribution in [0.15, 0.2) is 49.8 Å². The van der Waals surface area contributed by atoms with Gasteiger partial charge in [0.25, 0.3) is 0 Å². The molecule has 0 aromatic heterocycles. The van der Waals surface area contributed by atoms with Crippen LogP contribution in [0, 0.1) is 5.92 Å². The zero-order valence-corrected chi connectivity index (χ0v) is 25.4. The van der Waals surface area contributed by atoms with Gasteiger partial charge in [-0.2, -0.15) is 39.5 Å². The number of hydrogen-bond donors (Lipinski definition) is 0. The van der Waals surface area contributed by atoms with Gasteiger partial charge >= 0.3 is 18.5 Å². The van der Waals surface area contributed by atoms with Crippen molar-refractivity contribution in [3.63, 3.8) is 0 Å². The van der Waals surface area contributed by atoms with E-state index in [9.17, 15) is 49.1 Å². The van der Waals surface area contributed by atoms with E-state index in [1.54, 1.807) is 0 Å². The van der Waals surface area contributed by atoms with Gasteiger partial charge in [0.1, 0.15) is 17.5 Å². The van der Waals surface area contributed by atoms with Crippen molar-refractivity contribution in [1.82, 2.24) is 0 Å². The molecule has 2 rings (SSSR count). The Morgan fingerprint density at radius 2 is 1.44 bits per heavy atom. The minimum atomic E-state index is -5.21. The molecule has 2 nitrogen and oxygen atoms in total. The van der Waals surface area contributed by atoms with Gasteiger partial charge in [-0.1, -0.05) is 19.1 Å². The third-order valence-electron chi connectivity index (χ3n) is 5.73. The predicted octanol–water partition coefficient (Wildman–Crippen LogP) is 11.2. The third kappa shape index (κ3) is 10.5. The minimum Gasteiger partial charge on any atom is -0.300 e. The number of benzene rings is 2. The van der Waals surface area contributed by atoms with Gasteiger partial charge in [0.2, 0.25) is 0 Å². The number of carbonyl (C=O) groups is 2. The third-order valence-corrected chi connectivity index (χ3v) is 8.90. The first kappa shape index (κ1) is 35.5. The second kappa shape index (κ2) is 13.7. The van der Waals surface area contributed by atoms with Crippen LogP contribution in [0.25, 0.3) is 5.83 Å². The number of alkyl halides is 9. The van der Waals surface area contributed by atoms with Crippen LogP contribution in [0.3, 0.4) is 0 Å². The number of halogens is 13. The van der Waals surface area contributed by atoms with Gasteiger partial charge in [-0.25, -0.2) is 4.39 Å². The molecule has 15 heteroatoms. The lowest BCUT2D eigenvalue weighted by atomic mass is 9.91. The van der Waals surface area contributed by atoms with E-state index in [2.05, 4.69) is 47.8 Å². The van der Waals surface area contributed by atoms with Crippen LogP contribution in [0.1, 0.15) is 65.6 Å². The lowest BCUT2D eigenvalue weighted by Gasteiger charge is -2.19. The van der Waals surface area contributed by atoms with Gasteiger partial charge in [-0.15, -0.1) is 0 Å². The lowest BCUT2D eigenvalue weighted by Crippen LogP contribution is -2.19. The molecule has 2 atom stereocenters. The molecular formula is C26H19Br3F10O2. The number of Topliss-reactive ketones (excluding diaryl/α,β-unsaturated/α-hetero) is 2. The zero-order valence-electron chi connectivity index (χ0n) is 20.7. The molecule has 2 aromatic carbocycles. The van der Waals surface area contributed by atoms with Crippen LogP contribution in [0.4, 0.5) is 43.9 Å². The molecule has 0 N–H and O–H groups in total. The highest BCUT2D eigenvalue weighted by molar-refractivity contribution is 9.14. The zero-order chi connectivity index (χ0) is 31.5. The van der Waals surface area contributed by atoms with Crippen molar-refractivity contribution in [3.8, 4) is 0 Å². The van der Waals surface area contributed by atoms with E-state index < -0.39 is 95.7 Å². The molecule has 0 fully saturated rings. The molecule has 0 saturated heterocycles. The first-order valence-corrected chi connectivity index (χ1v) is 13.9. The average Bonchev–Trinajstić information content (AvgIpc) is 2.82. The van der Waals surface area contributed by atoms with Crippen LogP contribution in [0.2, 0.25) is 0 Å². The maximum Gasteiger partial charge on any atom is 0.417 e. The number of rotatable bonds is 10. The summed E-state index contributed by atoms with van der Waals surface area (Å²) in [6.07, 6.45) is -18.0. The molecule has 1 unspecified atom stereocenters. The molecule has 0 saturated carbocycles. The normalized spacial score (nSPS) is 14.6. The van der Waals surface area contributed by atoms with Gasteiger partial charge < -0.3 is 0 Å². The van der Waals surface area contributed by atoms with Crippen molar-refractivity contribution in [1.29, 1.82) is 0 Å². The molecule has 41 heavy (non-hydrogen) atoms. The molecule has 0 aliphatic carbocycles. The molecular weight excluding hydrogens is 774 g/mol. The Hall–Kier alpha value is -1.74. The highest BCUT2D eigenvalue weighted by atomic mass is 79.9. The van der Waals surface area contributed by atoms with Gasteiger partial charge in [-0.05, 0) is 83.5 Å². The summed E-state index contributed by atoms with van der Waals surface area (Å²) in [4.78, 5) is 24.4. The van der Waals surface area contributed by atoms with Crippen molar-refractivity contribution in [3.05, 3.63) is 72.1 Å². The van der Waals surface area contributed by atoms with E-state index >= 15 is 4.39 Å². The SMILES string of the molecule is C[C@H](CC(=O)CCC(F)(F)F)CC(=O)c1ccc(/C(F)=C/C(c2cc(Br)c(Br)c(Br)c2)C(F)(F)F)cc1C(F)(F)F. The Morgan fingerprint density at radius 3 is 1.93 bits per heavy atom. The summed E-state index contributed by atoms with van der Waals surface area (Å²) in [6, 6.07) is 3.67.